The molecule has 0 spiro atoms. The van der Waals surface area contributed by atoms with E-state index < -0.39 is 0 Å². The van der Waals surface area contributed by atoms with Crippen molar-refractivity contribution in [1.29, 1.82) is 0 Å². The molecule has 3 nitrogen and oxygen atoms in total. The summed E-state index contributed by atoms with van der Waals surface area (Å²) in [6.07, 6.45) is 9.39. The third-order valence-electron chi connectivity index (χ3n) is 3.11. The zero-order valence-corrected chi connectivity index (χ0v) is 11.8. The molecule has 17 heavy (non-hydrogen) atoms. The van der Waals surface area contributed by atoms with Gasteiger partial charge in [0.05, 0.1) is 13.2 Å². The van der Waals surface area contributed by atoms with Gasteiger partial charge in [0.1, 0.15) is 0 Å². The molecule has 0 aromatic carbocycles. The summed E-state index contributed by atoms with van der Waals surface area (Å²) < 4.78 is 5.07. The monoisotopic (exact) mass is 245 g/mol. The van der Waals surface area contributed by atoms with Crippen molar-refractivity contribution in [2.75, 3.05) is 40.0 Å². The number of aliphatic hydroxyl groups excluding tert-OH is 1. The number of unbranched alkanes of at least 4 members (excludes halogenated alkanes) is 6. The largest absolute Gasteiger partial charge is 0.395 e. The average molecular weight is 245 g/mol. The molecular formula is C14H31NO2. The Labute approximate surface area is 107 Å². The van der Waals surface area contributed by atoms with Gasteiger partial charge in [0.25, 0.3) is 0 Å². The smallest absolute Gasteiger partial charge is 0.0589 e. The molecule has 0 rings (SSSR count). The number of rotatable bonds is 13. The zero-order valence-electron chi connectivity index (χ0n) is 11.8. The summed E-state index contributed by atoms with van der Waals surface area (Å²) in [6, 6.07) is 0. The number of hydrogen-bond acceptors (Lipinski definition) is 3. The van der Waals surface area contributed by atoms with Crippen molar-refractivity contribution >= 4 is 0 Å². The van der Waals surface area contributed by atoms with Crippen LogP contribution in [0.2, 0.25) is 0 Å². The van der Waals surface area contributed by atoms with E-state index in [9.17, 15) is 0 Å². The topological polar surface area (TPSA) is 32.7 Å². The van der Waals surface area contributed by atoms with Crippen LogP contribution in [0.3, 0.4) is 0 Å². The quantitative estimate of drug-likeness (QED) is 0.506. The summed E-state index contributed by atoms with van der Waals surface area (Å²) in [4.78, 5) is 2.29. The Morgan fingerprint density at radius 1 is 0.882 bits per heavy atom. The fraction of sp³-hybridized carbons (Fsp3) is 1.00. The van der Waals surface area contributed by atoms with Crippen LogP contribution in [0.5, 0.6) is 0 Å². The minimum absolute atomic E-state index is 0.250. The van der Waals surface area contributed by atoms with Crippen molar-refractivity contribution < 1.29 is 9.84 Å². The van der Waals surface area contributed by atoms with Crippen molar-refractivity contribution in [3.05, 3.63) is 0 Å². The Morgan fingerprint density at radius 2 is 1.53 bits per heavy atom. The average Bonchev–Trinajstić information content (AvgIpc) is 2.34. The van der Waals surface area contributed by atoms with Gasteiger partial charge in [0.2, 0.25) is 0 Å². The Hall–Kier alpha value is -0.120. The lowest BCUT2D eigenvalue weighted by Gasteiger charge is -2.20. The third-order valence-corrected chi connectivity index (χ3v) is 3.11. The second-order valence-electron chi connectivity index (χ2n) is 4.68. The highest BCUT2D eigenvalue weighted by atomic mass is 16.5. The van der Waals surface area contributed by atoms with Crippen LogP contribution in [0.25, 0.3) is 0 Å². The maximum atomic E-state index is 8.95. The Kier molecular flexibility index (Phi) is 13.8. The van der Waals surface area contributed by atoms with E-state index in [1.165, 1.54) is 44.9 Å². The molecule has 0 saturated heterocycles. The lowest BCUT2D eigenvalue weighted by Crippen LogP contribution is -2.31. The molecular weight excluding hydrogens is 214 g/mol. The minimum Gasteiger partial charge on any atom is -0.395 e. The van der Waals surface area contributed by atoms with Crippen LogP contribution in [0.1, 0.15) is 51.9 Å². The number of nitrogens with zero attached hydrogens (tertiary/aromatic N) is 1. The van der Waals surface area contributed by atoms with Crippen molar-refractivity contribution in [1.82, 2.24) is 4.90 Å². The summed E-state index contributed by atoms with van der Waals surface area (Å²) in [6.45, 7) is 6.07. The molecule has 0 fully saturated rings. The minimum atomic E-state index is 0.250. The summed E-state index contributed by atoms with van der Waals surface area (Å²) in [5.41, 5.74) is 0. The van der Waals surface area contributed by atoms with E-state index in [-0.39, 0.29) is 6.61 Å². The molecule has 0 bridgehead atoms. The molecule has 0 amide bonds. The van der Waals surface area contributed by atoms with Gasteiger partial charge in [-0.3, -0.25) is 4.90 Å². The van der Waals surface area contributed by atoms with Gasteiger partial charge in [-0.1, -0.05) is 45.4 Å². The number of hydrogen-bond donors (Lipinski definition) is 1. The predicted octanol–water partition coefficient (Wildman–Crippen LogP) is 2.68. The van der Waals surface area contributed by atoms with E-state index in [4.69, 9.17) is 9.84 Å². The van der Waals surface area contributed by atoms with Crippen LogP contribution >= 0.6 is 0 Å². The SMILES string of the molecule is CCCCCCCCCN(CCO)CCOC. The first-order valence-electron chi connectivity index (χ1n) is 7.17. The van der Waals surface area contributed by atoms with Crippen molar-refractivity contribution in [3.63, 3.8) is 0 Å². The molecule has 0 saturated carbocycles. The van der Waals surface area contributed by atoms with Crippen LogP contribution in [0.4, 0.5) is 0 Å². The van der Waals surface area contributed by atoms with Gasteiger partial charge in [0, 0.05) is 20.2 Å². The first-order valence-corrected chi connectivity index (χ1v) is 7.17. The fourth-order valence-electron chi connectivity index (χ4n) is 1.99. The van der Waals surface area contributed by atoms with E-state index >= 15 is 0 Å². The van der Waals surface area contributed by atoms with E-state index in [1.807, 2.05) is 0 Å². The normalized spacial score (nSPS) is 11.3. The molecule has 0 aliphatic rings. The Morgan fingerprint density at radius 3 is 2.12 bits per heavy atom. The van der Waals surface area contributed by atoms with E-state index in [0.29, 0.717) is 0 Å². The van der Waals surface area contributed by atoms with Gasteiger partial charge in [-0.2, -0.15) is 0 Å². The molecule has 0 atom stereocenters. The third kappa shape index (κ3) is 12.1. The molecule has 0 aliphatic heterocycles. The van der Waals surface area contributed by atoms with Gasteiger partial charge in [-0.15, -0.1) is 0 Å². The highest BCUT2D eigenvalue weighted by Gasteiger charge is 2.03. The summed E-state index contributed by atoms with van der Waals surface area (Å²) in [5.74, 6) is 0. The standard InChI is InChI=1S/C14H31NO2/c1-3-4-5-6-7-8-9-10-15(11-13-16)12-14-17-2/h16H,3-14H2,1-2H3. The molecule has 1 N–H and O–H groups in total. The number of aliphatic hydroxyl groups is 1. The fourth-order valence-corrected chi connectivity index (χ4v) is 1.99. The molecule has 0 aromatic rings. The van der Waals surface area contributed by atoms with E-state index in [2.05, 4.69) is 11.8 Å². The number of methoxy groups -OCH3 is 1. The lowest BCUT2D eigenvalue weighted by atomic mass is 10.1. The Balaban J connectivity index is 3.34. The van der Waals surface area contributed by atoms with Crippen LogP contribution < -0.4 is 0 Å². The van der Waals surface area contributed by atoms with E-state index in [0.717, 1.165) is 26.2 Å². The van der Waals surface area contributed by atoms with Crippen molar-refractivity contribution in [2.45, 2.75) is 51.9 Å². The van der Waals surface area contributed by atoms with Gasteiger partial charge < -0.3 is 9.84 Å². The van der Waals surface area contributed by atoms with E-state index in [1.54, 1.807) is 7.11 Å². The molecule has 0 aliphatic carbocycles. The molecule has 0 heterocycles. The van der Waals surface area contributed by atoms with Crippen molar-refractivity contribution in [2.24, 2.45) is 0 Å². The molecule has 0 aromatic heterocycles. The van der Waals surface area contributed by atoms with Crippen LogP contribution in [-0.4, -0.2) is 50.0 Å². The van der Waals surface area contributed by atoms with Gasteiger partial charge in [-0.25, -0.2) is 0 Å². The highest BCUT2D eigenvalue weighted by Crippen LogP contribution is 2.07. The second-order valence-corrected chi connectivity index (χ2v) is 4.68. The van der Waals surface area contributed by atoms with Gasteiger partial charge >= 0.3 is 0 Å². The van der Waals surface area contributed by atoms with Crippen LogP contribution in [0.15, 0.2) is 0 Å². The number of ether oxygens (including phenoxy) is 1. The summed E-state index contributed by atoms with van der Waals surface area (Å²) in [5, 5.41) is 8.95. The lowest BCUT2D eigenvalue weighted by molar-refractivity contribution is 0.129. The predicted molar refractivity (Wildman–Crippen MR) is 73.4 cm³/mol. The maximum absolute atomic E-state index is 8.95. The van der Waals surface area contributed by atoms with Crippen LogP contribution in [-0.2, 0) is 4.74 Å². The molecule has 3 heteroatoms. The highest BCUT2D eigenvalue weighted by molar-refractivity contribution is 4.57. The molecule has 0 radical (unpaired) electrons. The maximum Gasteiger partial charge on any atom is 0.0589 e. The first kappa shape index (κ1) is 16.9. The summed E-state index contributed by atoms with van der Waals surface area (Å²) in [7, 11) is 1.73. The van der Waals surface area contributed by atoms with Gasteiger partial charge in [0.15, 0.2) is 0 Å². The zero-order chi connectivity index (χ0) is 12.8. The Bertz CT molecular complexity index is 142. The van der Waals surface area contributed by atoms with Gasteiger partial charge in [-0.05, 0) is 13.0 Å². The molecule has 104 valence electrons. The first-order chi connectivity index (χ1) is 8.35. The van der Waals surface area contributed by atoms with Crippen molar-refractivity contribution in [3.8, 4) is 0 Å². The molecule has 0 unspecified atom stereocenters. The summed E-state index contributed by atoms with van der Waals surface area (Å²) >= 11 is 0. The van der Waals surface area contributed by atoms with Crippen LogP contribution in [0, 0.1) is 0 Å². The second kappa shape index (κ2) is 13.9.